The number of imidazole rings is 1. The highest BCUT2D eigenvalue weighted by Crippen LogP contribution is 2.33. The molecule has 0 saturated carbocycles. The van der Waals surface area contributed by atoms with Crippen LogP contribution in [0.5, 0.6) is 0 Å². The van der Waals surface area contributed by atoms with Crippen LogP contribution in [-0.4, -0.2) is 37.9 Å². The highest BCUT2D eigenvalue weighted by atomic mass is 16.4. The Hall–Kier alpha value is -2.89. The fraction of sp³-hybridized carbons (Fsp3) is 0.133. The number of benzene rings is 1. The molecule has 1 aliphatic heterocycles. The van der Waals surface area contributed by atoms with Crippen LogP contribution in [0.3, 0.4) is 0 Å². The normalized spacial score (nSPS) is 15.1. The first-order chi connectivity index (χ1) is 10.1. The highest BCUT2D eigenvalue weighted by molar-refractivity contribution is 6.10. The minimum atomic E-state index is -1.08. The summed E-state index contributed by atoms with van der Waals surface area (Å²) in [5.41, 5.74) is 2.23. The second-order valence-corrected chi connectivity index (χ2v) is 4.80. The van der Waals surface area contributed by atoms with Crippen LogP contribution in [0.1, 0.15) is 21.6 Å². The fourth-order valence-corrected chi connectivity index (χ4v) is 2.53. The van der Waals surface area contributed by atoms with Gasteiger partial charge in [-0.2, -0.15) is 0 Å². The van der Waals surface area contributed by atoms with Crippen molar-refractivity contribution >= 4 is 17.6 Å². The second kappa shape index (κ2) is 4.90. The number of carbonyl (C=O) groups excluding carboxylic acids is 1. The van der Waals surface area contributed by atoms with E-state index >= 15 is 0 Å². The van der Waals surface area contributed by atoms with Crippen LogP contribution in [0.15, 0.2) is 43.4 Å². The molecule has 0 bridgehead atoms. The maximum absolute atomic E-state index is 12.5. The molecule has 1 unspecified atom stereocenters. The molecule has 1 aromatic carbocycles. The molecule has 0 fully saturated rings. The molecule has 2 N–H and O–H groups in total. The van der Waals surface area contributed by atoms with Crippen LogP contribution in [0.2, 0.25) is 0 Å². The molecular weight excluding hydrogens is 270 g/mol. The van der Waals surface area contributed by atoms with E-state index in [1.807, 2.05) is 0 Å². The van der Waals surface area contributed by atoms with E-state index in [4.69, 9.17) is 0 Å². The minimum Gasteiger partial charge on any atom is -0.480 e. The van der Waals surface area contributed by atoms with Crippen molar-refractivity contribution in [1.82, 2.24) is 14.9 Å². The smallest absolute Gasteiger partial charge is 0.327 e. The number of carboxylic acid groups (broad SMARTS) is 1. The lowest BCUT2D eigenvalue weighted by molar-refractivity contribution is -0.141. The molecular formula is C15H13N3O3. The number of nitrogens with zero attached hydrogens (tertiary/aromatic N) is 2. The van der Waals surface area contributed by atoms with Crippen molar-refractivity contribution in [3.8, 4) is 0 Å². The predicted molar refractivity (Wildman–Crippen MR) is 75.4 cm³/mol. The molecule has 0 saturated heterocycles. The van der Waals surface area contributed by atoms with Gasteiger partial charge in [0, 0.05) is 35.1 Å². The molecule has 2 heterocycles. The Morgan fingerprint density at radius 2 is 2.10 bits per heavy atom. The summed E-state index contributed by atoms with van der Waals surface area (Å²) in [5.74, 6) is -1.41. The van der Waals surface area contributed by atoms with Crippen molar-refractivity contribution in [2.75, 3.05) is 0 Å². The number of aromatic nitrogens is 2. The van der Waals surface area contributed by atoms with Gasteiger partial charge < -0.3 is 10.1 Å². The van der Waals surface area contributed by atoms with Gasteiger partial charge in [0.15, 0.2) is 0 Å². The number of carboxylic acids is 1. The first kappa shape index (κ1) is 13.1. The quantitative estimate of drug-likeness (QED) is 0.891. The molecule has 3 rings (SSSR count). The zero-order valence-corrected chi connectivity index (χ0v) is 11.1. The number of hydrogen-bond donors (Lipinski definition) is 2. The summed E-state index contributed by atoms with van der Waals surface area (Å²) in [6.07, 6.45) is 3.17. The van der Waals surface area contributed by atoms with Gasteiger partial charge in [-0.25, -0.2) is 9.78 Å². The van der Waals surface area contributed by atoms with Crippen LogP contribution in [-0.2, 0) is 11.2 Å². The van der Waals surface area contributed by atoms with E-state index in [0.717, 1.165) is 0 Å². The van der Waals surface area contributed by atoms with Gasteiger partial charge in [-0.3, -0.25) is 9.69 Å². The van der Waals surface area contributed by atoms with Gasteiger partial charge >= 0.3 is 5.97 Å². The Bertz CT molecular complexity index is 687. The minimum absolute atomic E-state index is 0.147. The van der Waals surface area contributed by atoms with Crippen LogP contribution in [0.25, 0.3) is 5.70 Å². The lowest BCUT2D eigenvalue weighted by Crippen LogP contribution is -2.42. The second-order valence-electron chi connectivity index (χ2n) is 4.80. The predicted octanol–water partition coefficient (Wildman–Crippen LogP) is 1.53. The summed E-state index contributed by atoms with van der Waals surface area (Å²) in [6.45, 7) is 3.88. The number of aliphatic carboxylic acids is 1. The van der Waals surface area contributed by atoms with Crippen LogP contribution < -0.4 is 0 Å². The molecule has 6 nitrogen and oxygen atoms in total. The summed E-state index contributed by atoms with van der Waals surface area (Å²) in [4.78, 5) is 32.0. The maximum Gasteiger partial charge on any atom is 0.327 e. The number of carbonyl (C=O) groups is 2. The molecule has 1 amide bonds. The fourth-order valence-electron chi connectivity index (χ4n) is 2.53. The molecule has 0 aliphatic carbocycles. The van der Waals surface area contributed by atoms with E-state index in [1.54, 1.807) is 30.5 Å². The summed E-state index contributed by atoms with van der Waals surface area (Å²) in [7, 11) is 0. The Balaban J connectivity index is 1.96. The van der Waals surface area contributed by atoms with Gasteiger partial charge in [0.2, 0.25) is 0 Å². The van der Waals surface area contributed by atoms with E-state index in [-0.39, 0.29) is 12.3 Å². The van der Waals surface area contributed by atoms with Crippen molar-refractivity contribution in [2.24, 2.45) is 0 Å². The topological polar surface area (TPSA) is 86.3 Å². The highest BCUT2D eigenvalue weighted by Gasteiger charge is 2.39. The Labute approximate surface area is 120 Å². The van der Waals surface area contributed by atoms with Gasteiger partial charge in [-0.15, -0.1) is 0 Å². The summed E-state index contributed by atoms with van der Waals surface area (Å²) >= 11 is 0. The number of fused-ring (bicyclic) bond motifs is 1. The average Bonchev–Trinajstić information content (AvgIpc) is 3.06. The van der Waals surface area contributed by atoms with Crippen LogP contribution in [0.4, 0.5) is 0 Å². The lowest BCUT2D eigenvalue weighted by Gasteiger charge is -2.24. The third-order valence-electron chi connectivity index (χ3n) is 3.54. The maximum atomic E-state index is 12.5. The Morgan fingerprint density at radius 1 is 1.38 bits per heavy atom. The molecule has 6 heteroatoms. The van der Waals surface area contributed by atoms with Crippen molar-refractivity contribution in [1.29, 1.82) is 0 Å². The SMILES string of the molecule is C=C1c2ccccc2C(=O)N1C(Cc1cnc[nH]1)C(=O)O. The van der Waals surface area contributed by atoms with Crippen molar-refractivity contribution in [3.05, 3.63) is 60.2 Å². The number of nitrogens with one attached hydrogen (secondary N) is 1. The molecule has 0 spiro atoms. The molecule has 0 radical (unpaired) electrons. The van der Waals surface area contributed by atoms with E-state index in [1.165, 1.54) is 11.2 Å². The van der Waals surface area contributed by atoms with Gasteiger partial charge in [0.25, 0.3) is 5.91 Å². The van der Waals surface area contributed by atoms with Gasteiger partial charge in [-0.1, -0.05) is 24.8 Å². The number of H-pyrrole nitrogens is 1. The Kier molecular flexibility index (Phi) is 3.06. The zero-order valence-electron chi connectivity index (χ0n) is 11.1. The van der Waals surface area contributed by atoms with Gasteiger partial charge in [-0.05, 0) is 6.07 Å². The number of hydrogen-bond acceptors (Lipinski definition) is 3. The molecule has 1 aliphatic rings. The molecule has 106 valence electrons. The third kappa shape index (κ3) is 2.10. The van der Waals surface area contributed by atoms with Crippen LogP contribution in [0, 0.1) is 0 Å². The van der Waals surface area contributed by atoms with Crippen molar-refractivity contribution < 1.29 is 14.7 Å². The van der Waals surface area contributed by atoms with Crippen LogP contribution >= 0.6 is 0 Å². The Morgan fingerprint density at radius 3 is 2.67 bits per heavy atom. The number of aromatic amines is 1. The van der Waals surface area contributed by atoms with Crippen molar-refractivity contribution in [3.63, 3.8) is 0 Å². The molecule has 2 aromatic rings. The third-order valence-corrected chi connectivity index (χ3v) is 3.54. The van der Waals surface area contributed by atoms with E-state index < -0.39 is 12.0 Å². The first-order valence-corrected chi connectivity index (χ1v) is 6.41. The largest absolute Gasteiger partial charge is 0.480 e. The monoisotopic (exact) mass is 283 g/mol. The summed E-state index contributed by atoms with van der Waals surface area (Å²) in [5, 5.41) is 9.48. The standard InChI is InChI=1S/C15H13N3O3/c1-9-11-4-2-3-5-12(11)14(19)18(9)13(15(20)21)6-10-7-16-8-17-10/h2-5,7-8,13H,1,6H2,(H,16,17)(H,20,21). The molecule has 1 aromatic heterocycles. The first-order valence-electron chi connectivity index (χ1n) is 6.41. The molecule has 1 atom stereocenters. The number of amides is 1. The number of rotatable bonds is 4. The zero-order chi connectivity index (χ0) is 15.0. The molecule has 21 heavy (non-hydrogen) atoms. The lowest BCUT2D eigenvalue weighted by atomic mass is 10.1. The van der Waals surface area contributed by atoms with E-state index in [0.29, 0.717) is 22.5 Å². The van der Waals surface area contributed by atoms with E-state index in [2.05, 4.69) is 16.5 Å². The van der Waals surface area contributed by atoms with Crippen molar-refractivity contribution in [2.45, 2.75) is 12.5 Å². The average molecular weight is 283 g/mol. The van der Waals surface area contributed by atoms with E-state index in [9.17, 15) is 14.7 Å². The summed E-state index contributed by atoms with van der Waals surface area (Å²) in [6, 6.07) is 5.98. The summed E-state index contributed by atoms with van der Waals surface area (Å²) < 4.78 is 0. The van der Waals surface area contributed by atoms with Gasteiger partial charge in [0.1, 0.15) is 6.04 Å². The van der Waals surface area contributed by atoms with Gasteiger partial charge in [0.05, 0.1) is 6.33 Å².